The Morgan fingerprint density at radius 3 is 2.62 bits per heavy atom. The van der Waals surface area contributed by atoms with Crippen molar-refractivity contribution in [1.82, 2.24) is 0 Å². The molecule has 0 unspecified atom stereocenters. The number of carbonyl (C=O) groups excluding carboxylic acids is 1. The molecule has 0 heterocycles. The summed E-state index contributed by atoms with van der Waals surface area (Å²) in [5, 5.41) is 2.86. The van der Waals surface area contributed by atoms with Crippen LogP contribution < -0.4 is 5.32 Å². The molecule has 0 aliphatic rings. The molecule has 0 saturated heterocycles. The Balaban J connectivity index is 2.29. The van der Waals surface area contributed by atoms with E-state index in [9.17, 15) is 4.79 Å². The van der Waals surface area contributed by atoms with Crippen molar-refractivity contribution < 1.29 is 4.79 Å². The zero-order chi connectivity index (χ0) is 11.8. The second-order valence-corrected chi connectivity index (χ2v) is 3.83. The monoisotopic (exact) mass is 215 g/mol. The summed E-state index contributed by atoms with van der Waals surface area (Å²) in [6.45, 7) is 2.02. The second-order valence-electron chi connectivity index (χ2n) is 3.83. The maximum Gasteiger partial charge on any atom is 0.224 e. The zero-order valence-electron chi connectivity index (χ0n) is 9.62. The third kappa shape index (κ3) is 4.65. The van der Waals surface area contributed by atoms with E-state index in [0.717, 1.165) is 24.9 Å². The van der Waals surface area contributed by atoms with Crippen molar-refractivity contribution in [3.8, 4) is 12.3 Å². The van der Waals surface area contributed by atoms with Crippen LogP contribution in [-0.2, 0) is 4.79 Å². The smallest absolute Gasteiger partial charge is 0.224 e. The Morgan fingerprint density at radius 1 is 1.31 bits per heavy atom. The topological polar surface area (TPSA) is 29.1 Å². The molecule has 0 aliphatic carbocycles. The van der Waals surface area contributed by atoms with Crippen LogP contribution in [0.25, 0.3) is 0 Å². The molecular formula is C14H17NO. The normalized spacial score (nSPS) is 9.50. The summed E-state index contributed by atoms with van der Waals surface area (Å²) >= 11 is 0. The van der Waals surface area contributed by atoms with Crippen LogP contribution in [-0.4, -0.2) is 5.91 Å². The van der Waals surface area contributed by atoms with E-state index in [-0.39, 0.29) is 5.91 Å². The molecule has 2 heteroatoms. The van der Waals surface area contributed by atoms with Crippen LogP contribution >= 0.6 is 0 Å². The average Bonchev–Trinajstić information content (AvgIpc) is 2.28. The van der Waals surface area contributed by atoms with E-state index < -0.39 is 0 Å². The molecule has 0 saturated carbocycles. The maximum absolute atomic E-state index is 11.5. The first-order chi connectivity index (χ1) is 7.72. The third-order valence-corrected chi connectivity index (χ3v) is 2.31. The van der Waals surface area contributed by atoms with Gasteiger partial charge < -0.3 is 5.32 Å². The fourth-order valence-corrected chi connectivity index (χ4v) is 1.37. The van der Waals surface area contributed by atoms with E-state index in [4.69, 9.17) is 6.42 Å². The number of terminal acetylenes is 1. The van der Waals surface area contributed by atoms with Gasteiger partial charge in [0.1, 0.15) is 0 Å². The van der Waals surface area contributed by atoms with Gasteiger partial charge in [-0.2, -0.15) is 0 Å². The SMILES string of the molecule is C#CCCCCC(=O)Nc1ccc(C)cc1. The van der Waals surface area contributed by atoms with Gasteiger partial charge in [-0.15, -0.1) is 12.3 Å². The highest BCUT2D eigenvalue weighted by Crippen LogP contribution is 2.09. The number of nitrogens with one attached hydrogen (secondary N) is 1. The number of carbonyl (C=O) groups is 1. The lowest BCUT2D eigenvalue weighted by molar-refractivity contribution is -0.116. The van der Waals surface area contributed by atoms with Crippen molar-refractivity contribution in [1.29, 1.82) is 0 Å². The van der Waals surface area contributed by atoms with E-state index in [1.165, 1.54) is 5.56 Å². The molecule has 0 radical (unpaired) electrons. The Morgan fingerprint density at radius 2 is 2.00 bits per heavy atom. The van der Waals surface area contributed by atoms with Crippen molar-refractivity contribution in [3.05, 3.63) is 29.8 Å². The number of benzene rings is 1. The molecular weight excluding hydrogens is 198 g/mol. The predicted molar refractivity (Wildman–Crippen MR) is 67.1 cm³/mol. The van der Waals surface area contributed by atoms with Crippen molar-refractivity contribution in [3.63, 3.8) is 0 Å². The minimum atomic E-state index is 0.0564. The molecule has 0 bridgehead atoms. The number of anilines is 1. The number of hydrogen-bond donors (Lipinski definition) is 1. The molecule has 0 atom stereocenters. The standard InChI is InChI=1S/C14H17NO/c1-3-4-5-6-7-14(16)15-13-10-8-12(2)9-11-13/h1,8-11H,4-7H2,2H3,(H,15,16). The van der Waals surface area contributed by atoms with Gasteiger partial charge in [-0.05, 0) is 31.9 Å². The highest BCUT2D eigenvalue weighted by atomic mass is 16.1. The van der Waals surface area contributed by atoms with Crippen molar-refractivity contribution in [2.45, 2.75) is 32.6 Å². The lowest BCUT2D eigenvalue weighted by Gasteiger charge is -2.04. The summed E-state index contributed by atoms with van der Waals surface area (Å²) in [4.78, 5) is 11.5. The molecule has 1 N–H and O–H groups in total. The Hall–Kier alpha value is -1.75. The summed E-state index contributed by atoms with van der Waals surface area (Å²) in [6.07, 6.45) is 8.18. The molecule has 1 rings (SSSR count). The predicted octanol–water partition coefficient (Wildman–Crippen LogP) is 3.13. The minimum absolute atomic E-state index is 0.0564. The molecule has 16 heavy (non-hydrogen) atoms. The molecule has 0 aromatic heterocycles. The number of amides is 1. The summed E-state index contributed by atoms with van der Waals surface area (Å²) < 4.78 is 0. The molecule has 0 aliphatic heterocycles. The fourth-order valence-electron chi connectivity index (χ4n) is 1.37. The first kappa shape index (κ1) is 12.3. The van der Waals surface area contributed by atoms with Crippen LogP contribution in [0.1, 0.15) is 31.2 Å². The summed E-state index contributed by atoms with van der Waals surface area (Å²) in [7, 11) is 0. The molecule has 1 aromatic carbocycles. The number of hydrogen-bond acceptors (Lipinski definition) is 1. The number of aryl methyl sites for hydroxylation is 1. The Labute approximate surface area is 97.1 Å². The van der Waals surface area contributed by atoms with Gasteiger partial charge >= 0.3 is 0 Å². The molecule has 0 spiro atoms. The van der Waals surface area contributed by atoms with Crippen LogP contribution in [0.5, 0.6) is 0 Å². The van der Waals surface area contributed by atoms with E-state index in [0.29, 0.717) is 6.42 Å². The van der Waals surface area contributed by atoms with Gasteiger partial charge in [0.25, 0.3) is 0 Å². The second kappa shape index (κ2) is 6.68. The number of rotatable bonds is 5. The average molecular weight is 215 g/mol. The van der Waals surface area contributed by atoms with Crippen LogP contribution in [0.2, 0.25) is 0 Å². The summed E-state index contributed by atoms with van der Waals surface area (Å²) in [5.74, 6) is 2.62. The molecule has 2 nitrogen and oxygen atoms in total. The molecule has 1 aromatic rings. The van der Waals surface area contributed by atoms with Crippen LogP contribution in [0, 0.1) is 19.3 Å². The van der Waals surface area contributed by atoms with Gasteiger partial charge in [0.15, 0.2) is 0 Å². The van der Waals surface area contributed by atoms with Crippen LogP contribution in [0.3, 0.4) is 0 Å². The summed E-state index contributed by atoms with van der Waals surface area (Å²) in [6, 6.07) is 7.78. The van der Waals surface area contributed by atoms with Crippen molar-refractivity contribution in [2.75, 3.05) is 5.32 Å². The van der Waals surface area contributed by atoms with Crippen molar-refractivity contribution in [2.24, 2.45) is 0 Å². The van der Waals surface area contributed by atoms with Crippen LogP contribution in [0.4, 0.5) is 5.69 Å². The van der Waals surface area contributed by atoms with E-state index in [2.05, 4.69) is 11.2 Å². The third-order valence-electron chi connectivity index (χ3n) is 2.31. The minimum Gasteiger partial charge on any atom is -0.326 e. The first-order valence-corrected chi connectivity index (χ1v) is 5.52. The van der Waals surface area contributed by atoms with Gasteiger partial charge in [-0.25, -0.2) is 0 Å². The van der Waals surface area contributed by atoms with Gasteiger partial charge in [0.05, 0.1) is 0 Å². The Kier molecular flexibility index (Phi) is 5.15. The zero-order valence-corrected chi connectivity index (χ0v) is 9.62. The van der Waals surface area contributed by atoms with E-state index in [1.54, 1.807) is 0 Å². The first-order valence-electron chi connectivity index (χ1n) is 5.52. The molecule has 84 valence electrons. The molecule has 0 fully saturated rings. The van der Waals surface area contributed by atoms with Gasteiger partial charge in [-0.3, -0.25) is 4.79 Å². The maximum atomic E-state index is 11.5. The van der Waals surface area contributed by atoms with Crippen LogP contribution in [0.15, 0.2) is 24.3 Å². The number of unbranched alkanes of at least 4 members (excludes halogenated alkanes) is 2. The lowest BCUT2D eigenvalue weighted by atomic mass is 10.2. The van der Waals surface area contributed by atoms with Gasteiger partial charge in [0.2, 0.25) is 5.91 Å². The van der Waals surface area contributed by atoms with Gasteiger partial charge in [0, 0.05) is 18.5 Å². The highest BCUT2D eigenvalue weighted by molar-refractivity contribution is 5.90. The van der Waals surface area contributed by atoms with Gasteiger partial charge in [-0.1, -0.05) is 17.7 Å². The Bertz CT molecular complexity index is 373. The fraction of sp³-hybridized carbons (Fsp3) is 0.357. The molecule has 1 amide bonds. The summed E-state index contributed by atoms with van der Waals surface area (Å²) in [5.41, 5.74) is 2.04. The quantitative estimate of drug-likeness (QED) is 0.593. The highest BCUT2D eigenvalue weighted by Gasteiger charge is 2.01. The van der Waals surface area contributed by atoms with E-state index >= 15 is 0 Å². The largest absolute Gasteiger partial charge is 0.326 e. The van der Waals surface area contributed by atoms with E-state index in [1.807, 2.05) is 31.2 Å². The lowest BCUT2D eigenvalue weighted by Crippen LogP contribution is -2.10. The van der Waals surface area contributed by atoms with Crippen molar-refractivity contribution >= 4 is 11.6 Å².